The van der Waals surface area contributed by atoms with Crippen LogP contribution in [0.25, 0.3) is 5.76 Å². The fourth-order valence-electron chi connectivity index (χ4n) is 4.56. The second kappa shape index (κ2) is 11.0. The third-order valence-electron chi connectivity index (χ3n) is 6.42. The lowest BCUT2D eigenvalue weighted by atomic mass is 9.95. The number of aryl methyl sites for hydroxylation is 1. The molecule has 3 aromatic carbocycles. The van der Waals surface area contributed by atoms with Gasteiger partial charge in [0.15, 0.2) is 0 Å². The first-order valence-electron chi connectivity index (χ1n) is 12.1. The average Bonchev–Trinajstić information content (AvgIpc) is 3.18. The van der Waals surface area contributed by atoms with E-state index in [1.165, 1.54) is 4.90 Å². The molecule has 1 aliphatic heterocycles. The molecule has 0 spiro atoms. The maximum absolute atomic E-state index is 13.3. The van der Waals surface area contributed by atoms with Crippen molar-refractivity contribution in [3.05, 3.63) is 135 Å². The minimum absolute atomic E-state index is 0.0506. The van der Waals surface area contributed by atoms with Crippen LogP contribution < -0.4 is 4.74 Å². The van der Waals surface area contributed by atoms with E-state index in [1.54, 1.807) is 42.7 Å². The van der Waals surface area contributed by atoms with Gasteiger partial charge in [-0.2, -0.15) is 0 Å². The summed E-state index contributed by atoms with van der Waals surface area (Å²) in [5.74, 6) is -0.986. The van der Waals surface area contributed by atoms with Crippen molar-refractivity contribution in [1.82, 2.24) is 9.88 Å². The van der Waals surface area contributed by atoms with Crippen molar-refractivity contribution in [3.8, 4) is 5.75 Å². The molecular weight excluding hydrogens is 544 g/mol. The number of carbonyl (C=O) groups excluding carboxylic acids is 2. The molecule has 0 aliphatic carbocycles. The summed E-state index contributed by atoms with van der Waals surface area (Å²) >= 11 is 3.44. The first-order valence-corrected chi connectivity index (χ1v) is 12.9. The van der Waals surface area contributed by atoms with E-state index in [-0.39, 0.29) is 17.9 Å². The van der Waals surface area contributed by atoms with Crippen LogP contribution in [0, 0.1) is 6.92 Å². The van der Waals surface area contributed by atoms with Gasteiger partial charge in [-0.25, -0.2) is 0 Å². The van der Waals surface area contributed by atoms with Crippen molar-refractivity contribution in [3.63, 3.8) is 0 Å². The Labute approximate surface area is 229 Å². The van der Waals surface area contributed by atoms with E-state index in [1.807, 2.05) is 55.5 Å². The van der Waals surface area contributed by atoms with Crippen molar-refractivity contribution >= 4 is 33.4 Å². The van der Waals surface area contributed by atoms with E-state index in [0.29, 0.717) is 17.9 Å². The number of Topliss-reactive ketones (excluding diaryl/α,β-unsaturated/α-hetero) is 1. The molecule has 1 aliphatic rings. The standard InChI is InChI=1S/C31H25BrN2O4/c1-20-4-2-5-21(16-20)19-38-26-13-9-24(10-14-26)29(35)27-28(23-7-11-25(32)12-8-23)34(31(37)30(27)36)18-22-6-3-15-33-17-22/h2-17,28,35H,18-19H2,1H3. The fraction of sp³-hybridized carbons (Fsp3) is 0.129. The van der Waals surface area contributed by atoms with E-state index in [0.717, 1.165) is 26.7 Å². The van der Waals surface area contributed by atoms with Gasteiger partial charge in [0, 0.05) is 29.0 Å². The number of halogens is 1. The molecule has 4 aromatic rings. The first-order chi connectivity index (χ1) is 18.4. The number of amides is 1. The van der Waals surface area contributed by atoms with E-state index in [9.17, 15) is 14.7 Å². The highest BCUT2D eigenvalue weighted by molar-refractivity contribution is 9.10. The minimum atomic E-state index is -0.749. The lowest BCUT2D eigenvalue weighted by molar-refractivity contribution is -0.140. The molecule has 5 rings (SSSR count). The van der Waals surface area contributed by atoms with Gasteiger partial charge >= 0.3 is 0 Å². The summed E-state index contributed by atoms with van der Waals surface area (Å²) < 4.78 is 6.76. The number of nitrogens with zero attached hydrogens (tertiary/aromatic N) is 2. The number of ketones is 1. The van der Waals surface area contributed by atoms with Gasteiger partial charge in [-0.05, 0) is 66.1 Å². The molecule has 0 saturated carbocycles. The second-order valence-electron chi connectivity index (χ2n) is 9.14. The Morgan fingerprint density at radius 3 is 2.39 bits per heavy atom. The summed E-state index contributed by atoms with van der Waals surface area (Å²) in [5, 5.41) is 11.3. The van der Waals surface area contributed by atoms with Crippen LogP contribution in [0.3, 0.4) is 0 Å². The van der Waals surface area contributed by atoms with Gasteiger partial charge in [0.2, 0.25) is 0 Å². The number of aliphatic hydroxyl groups excluding tert-OH is 1. The number of carbonyl (C=O) groups is 2. The number of likely N-dealkylation sites (tertiary alicyclic amines) is 1. The highest BCUT2D eigenvalue weighted by Crippen LogP contribution is 2.40. The number of benzene rings is 3. The van der Waals surface area contributed by atoms with E-state index in [2.05, 4.69) is 27.0 Å². The van der Waals surface area contributed by atoms with Gasteiger partial charge in [-0.3, -0.25) is 14.6 Å². The number of rotatable bonds is 7. The number of hydrogen-bond acceptors (Lipinski definition) is 5. The Morgan fingerprint density at radius 2 is 1.71 bits per heavy atom. The normalized spacial score (nSPS) is 16.6. The van der Waals surface area contributed by atoms with Gasteiger partial charge < -0.3 is 14.7 Å². The molecule has 7 heteroatoms. The predicted molar refractivity (Wildman–Crippen MR) is 148 cm³/mol. The van der Waals surface area contributed by atoms with E-state index in [4.69, 9.17) is 4.74 Å². The van der Waals surface area contributed by atoms with Crippen LogP contribution in [0.1, 0.15) is 33.9 Å². The Kier molecular flexibility index (Phi) is 7.38. The average molecular weight is 569 g/mol. The van der Waals surface area contributed by atoms with Gasteiger partial charge in [0.05, 0.1) is 11.6 Å². The van der Waals surface area contributed by atoms with Crippen LogP contribution in [0.2, 0.25) is 0 Å². The minimum Gasteiger partial charge on any atom is -0.507 e. The van der Waals surface area contributed by atoms with Crippen molar-refractivity contribution in [2.75, 3.05) is 0 Å². The summed E-state index contributed by atoms with van der Waals surface area (Å²) in [6, 6.07) is 25.2. The molecule has 38 heavy (non-hydrogen) atoms. The van der Waals surface area contributed by atoms with Crippen molar-refractivity contribution in [2.24, 2.45) is 0 Å². The number of aromatic nitrogens is 1. The summed E-state index contributed by atoms with van der Waals surface area (Å²) in [6.45, 7) is 2.63. The zero-order chi connectivity index (χ0) is 26.6. The highest BCUT2D eigenvalue weighted by Gasteiger charge is 2.46. The Hall–Kier alpha value is -4.23. The lowest BCUT2D eigenvalue weighted by Gasteiger charge is -2.25. The van der Waals surface area contributed by atoms with Crippen LogP contribution in [-0.2, 0) is 22.7 Å². The molecule has 0 bridgehead atoms. The molecule has 1 saturated heterocycles. The molecule has 1 aromatic heterocycles. The van der Waals surface area contributed by atoms with Crippen LogP contribution in [0.4, 0.5) is 0 Å². The van der Waals surface area contributed by atoms with Crippen molar-refractivity contribution in [2.45, 2.75) is 26.1 Å². The van der Waals surface area contributed by atoms with Crippen LogP contribution in [-0.4, -0.2) is 26.7 Å². The van der Waals surface area contributed by atoms with E-state index < -0.39 is 17.7 Å². The molecule has 1 unspecified atom stereocenters. The molecular formula is C31H25BrN2O4. The monoisotopic (exact) mass is 568 g/mol. The predicted octanol–water partition coefficient (Wildman–Crippen LogP) is 6.35. The first kappa shape index (κ1) is 25.4. The maximum Gasteiger partial charge on any atom is 0.295 e. The molecule has 1 N–H and O–H groups in total. The molecule has 1 atom stereocenters. The van der Waals surface area contributed by atoms with Crippen LogP contribution in [0.5, 0.6) is 5.75 Å². The number of aliphatic hydroxyl groups is 1. The molecule has 1 fully saturated rings. The molecule has 0 radical (unpaired) electrons. The smallest absolute Gasteiger partial charge is 0.295 e. The van der Waals surface area contributed by atoms with Gasteiger partial charge in [0.1, 0.15) is 18.1 Å². The molecule has 190 valence electrons. The van der Waals surface area contributed by atoms with Crippen molar-refractivity contribution in [1.29, 1.82) is 0 Å². The third kappa shape index (κ3) is 5.38. The maximum atomic E-state index is 13.3. The SMILES string of the molecule is Cc1cccc(COc2ccc(C(O)=C3C(=O)C(=O)N(Cc4cccnc4)C3c3ccc(Br)cc3)cc2)c1. The summed E-state index contributed by atoms with van der Waals surface area (Å²) in [7, 11) is 0. The molecule has 1 amide bonds. The molecule has 2 heterocycles. The molecule has 6 nitrogen and oxygen atoms in total. The highest BCUT2D eigenvalue weighted by atomic mass is 79.9. The zero-order valence-electron chi connectivity index (χ0n) is 20.7. The lowest BCUT2D eigenvalue weighted by Crippen LogP contribution is -2.29. The van der Waals surface area contributed by atoms with Gasteiger partial charge in [-0.15, -0.1) is 0 Å². The summed E-state index contributed by atoms with van der Waals surface area (Å²) in [4.78, 5) is 32.1. The quantitative estimate of drug-likeness (QED) is 0.159. The summed E-state index contributed by atoms with van der Waals surface area (Å²) in [6.07, 6.45) is 3.31. The Balaban J connectivity index is 1.47. The Bertz CT molecular complexity index is 1500. The van der Waals surface area contributed by atoms with Crippen LogP contribution >= 0.6 is 15.9 Å². The number of ether oxygens (including phenoxy) is 1. The van der Waals surface area contributed by atoms with E-state index >= 15 is 0 Å². The second-order valence-corrected chi connectivity index (χ2v) is 10.1. The third-order valence-corrected chi connectivity index (χ3v) is 6.95. The van der Waals surface area contributed by atoms with Crippen molar-refractivity contribution < 1.29 is 19.4 Å². The zero-order valence-corrected chi connectivity index (χ0v) is 22.3. The largest absolute Gasteiger partial charge is 0.507 e. The topological polar surface area (TPSA) is 79.7 Å². The van der Waals surface area contributed by atoms with Gasteiger partial charge in [0.25, 0.3) is 11.7 Å². The van der Waals surface area contributed by atoms with Crippen LogP contribution in [0.15, 0.2) is 107 Å². The van der Waals surface area contributed by atoms with Gasteiger partial charge in [-0.1, -0.05) is 64.0 Å². The number of hydrogen-bond donors (Lipinski definition) is 1. The number of pyridine rings is 1. The Morgan fingerprint density at radius 1 is 0.974 bits per heavy atom. The summed E-state index contributed by atoms with van der Waals surface area (Å²) in [5.41, 5.74) is 4.19. The fourth-order valence-corrected chi connectivity index (χ4v) is 4.82.